The smallest absolute Gasteiger partial charge is 0.417 e. The number of halogens is 3. The van der Waals surface area contributed by atoms with Crippen LogP contribution in [0.15, 0.2) is 53.3 Å². The highest BCUT2D eigenvalue weighted by atomic mass is 19.4. The molecule has 0 radical (unpaired) electrons. The Balaban J connectivity index is 1.37. The molecule has 1 amide bonds. The number of cyclic esters (lactones) is 1. The van der Waals surface area contributed by atoms with E-state index >= 15 is 0 Å². The highest BCUT2D eigenvalue weighted by molar-refractivity contribution is 5.94. The molecular formula is C26H26F3N3O4. The van der Waals surface area contributed by atoms with E-state index in [1.54, 1.807) is 18.2 Å². The van der Waals surface area contributed by atoms with Crippen molar-refractivity contribution < 1.29 is 27.8 Å². The van der Waals surface area contributed by atoms with Crippen LogP contribution in [-0.4, -0.2) is 60.0 Å². The molecule has 3 heterocycles. The van der Waals surface area contributed by atoms with Crippen molar-refractivity contribution in [1.82, 2.24) is 9.88 Å². The van der Waals surface area contributed by atoms with Crippen LogP contribution in [0.1, 0.15) is 18.4 Å². The van der Waals surface area contributed by atoms with Gasteiger partial charge in [-0.3, -0.25) is 14.6 Å². The van der Waals surface area contributed by atoms with Crippen LogP contribution in [-0.2, 0) is 10.9 Å². The van der Waals surface area contributed by atoms with E-state index in [2.05, 4.69) is 9.88 Å². The SMILES string of the molecule is O=C1O[C@H](CN2CCC(CO)CC2)CN1c1ccc2cc(-c3ccccc3C(F)(F)F)[nH]c(=O)c2c1. The van der Waals surface area contributed by atoms with Crippen LogP contribution in [0.2, 0.25) is 0 Å². The zero-order valence-corrected chi connectivity index (χ0v) is 19.4. The Kier molecular flexibility index (Phi) is 6.48. The topological polar surface area (TPSA) is 85.9 Å². The molecule has 0 unspecified atom stereocenters. The predicted octanol–water partition coefficient (Wildman–Crippen LogP) is 4.24. The van der Waals surface area contributed by atoms with E-state index in [1.165, 1.54) is 29.2 Å². The van der Waals surface area contributed by atoms with Gasteiger partial charge in [0.15, 0.2) is 0 Å². The van der Waals surface area contributed by atoms with Gasteiger partial charge in [-0.2, -0.15) is 13.2 Å². The molecule has 36 heavy (non-hydrogen) atoms. The number of fused-ring (bicyclic) bond motifs is 1. The van der Waals surface area contributed by atoms with Gasteiger partial charge < -0.3 is 14.8 Å². The Labute approximate surface area is 205 Å². The van der Waals surface area contributed by atoms with E-state index in [0.717, 1.165) is 32.0 Å². The van der Waals surface area contributed by atoms with Gasteiger partial charge in [0.05, 0.1) is 12.1 Å². The fourth-order valence-corrected chi connectivity index (χ4v) is 4.99. The second-order valence-corrected chi connectivity index (χ2v) is 9.37. The lowest BCUT2D eigenvalue weighted by Gasteiger charge is -2.32. The first kappa shape index (κ1) is 24.3. The minimum atomic E-state index is -4.56. The van der Waals surface area contributed by atoms with Crippen molar-refractivity contribution >= 4 is 22.6 Å². The van der Waals surface area contributed by atoms with E-state index in [9.17, 15) is 27.9 Å². The number of ether oxygens (including phenoxy) is 1. The van der Waals surface area contributed by atoms with Crippen LogP contribution >= 0.6 is 0 Å². The van der Waals surface area contributed by atoms with Gasteiger partial charge in [0.25, 0.3) is 5.56 Å². The number of aromatic amines is 1. The number of H-pyrrole nitrogens is 1. The van der Waals surface area contributed by atoms with E-state index in [1.807, 2.05) is 0 Å². The maximum Gasteiger partial charge on any atom is 0.417 e. The average molecular weight is 502 g/mol. The van der Waals surface area contributed by atoms with E-state index < -0.39 is 23.4 Å². The number of nitrogens with zero attached hydrogens (tertiary/aromatic N) is 2. The maximum absolute atomic E-state index is 13.5. The normalized spacial score (nSPS) is 19.7. The largest absolute Gasteiger partial charge is 0.443 e. The second-order valence-electron chi connectivity index (χ2n) is 9.37. The number of hydrogen-bond donors (Lipinski definition) is 2. The summed E-state index contributed by atoms with van der Waals surface area (Å²) in [5.41, 5.74) is -0.927. The summed E-state index contributed by atoms with van der Waals surface area (Å²) in [4.78, 5) is 31.7. The predicted molar refractivity (Wildman–Crippen MR) is 129 cm³/mol. The molecule has 190 valence electrons. The number of hydrogen-bond acceptors (Lipinski definition) is 5. The number of carbonyl (C=O) groups is 1. The number of aliphatic hydroxyl groups is 1. The Morgan fingerprint density at radius 2 is 1.81 bits per heavy atom. The molecule has 7 nitrogen and oxygen atoms in total. The summed E-state index contributed by atoms with van der Waals surface area (Å²) in [6, 6.07) is 11.4. The van der Waals surface area contributed by atoms with Crippen LogP contribution in [0.25, 0.3) is 22.0 Å². The fourth-order valence-electron chi connectivity index (χ4n) is 4.99. The monoisotopic (exact) mass is 501 g/mol. The number of piperidine rings is 1. The first-order valence-electron chi connectivity index (χ1n) is 11.9. The summed E-state index contributed by atoms with van der Waals surface area (Å²) in [6.45, 7) is 2.79. The lowest BCUT2D eigenvalue weighted by atomic mass is 9.98. The summed E-state index contributed by atoms with van der Waals surface area (Å²) < 4.78 is 46.0. The number of anilines is 1. The molecule has 2 fully saturated rings. The molecule has 5 rings (SSSR count). The number of likely N-dealkylation sites (tertiary alicyclic amines) is 1. The molecule has 10 heteroatoms. The maximum atomic E-state index is 13.5. The van der Waals surface area contributed by atoms with Crippen LogP contribution in [0, 0.1) is 5.92 Å². The molecule has 2 N–H and O–H groups in total. The number of benzene rings is 2. The highest BCUT2D eigenvalue weighted by Gasteiger charge is 2.35. The lowest BCUT2D eigenvalue weighted by Crippen LogP contribution is -2.40. The molecule has 0 spiro atoms. The van der Waals surface area contributed by atoms with Crippen molar-refractivity contribution in [3.8, 4) is 11.3 Å². The number of nitrogens with one attached hydrogen (secondary N) is 1. The van der Waals surface area contributed by atoms with Gasteiger partial charge in [0.1, 0.15) is 6.10 Å². The van der Waals surface area contributed by atoms with E-state index in [4.69, 9.17) is 4.74 Å². The standard InChI is InChI=1S/C26H26F3N3O4/c27-26(28,29)22-4-2-1-3-20(22)23-11-17-5-6-18(12-21(17)24(34)30-23)32-14-19(36-25(32)35)13-31-9-7-16(15-33)8-10-31/h1-6,11-12,16,19,33H,7-10,13-15H2,(H,30,34)/t19-/m1/s1. The molecule has 3 aromatic rings. The highest BCUT2D eigenvalue weighted by Crippen LogP contribution is 2.37. The quantitative estimate of drug-likeness (QED) is 0.546. The summed E-state index contributed by atoms with van der Waals surface area (Å²) in [6.07, 6.45) is -3.57. The first-order valence-corrected chi connectivity index (χ1v) is 11.9. The third kappa shape index (κ3) is 4.83. The Morgan fingerprint density at radius 3 is 2.53 bits per heavy atom. The van der Waals surface area contributed by atoms with Crippen LogP contribution in [0.3, 0.4) is 0 Å². The molecule has 0 aliphatic carbocycles. The molecule has 1 atom stereocenters. The number of pyridine rings is 1. The van der Waals surface area contributed by atoms with Crippen LogP contribution in [0.5, 0.6) is 0 Å². The molecule has 2 saturated heterocycles. The zero-order valence-electron chi connectivity index (χ0n) is 19.4. The number of rotatable bonds is 5. The Hall–Kier alpha value is -3.37. The molecule has 2 aliphatic heterocycles. The van der Waals surface area contributed by atoms with E-state index in [-0.39, 0.29) is 29.4 Å². The lowest BCUT2D eigenvalue weighted by molar-refractivity contribution is -0.137. The number of aliphatic hydroxyl groups excluding tert-OH is 1. The zero-order chi connectivity index (χ0) is 25.4. The Morgan fingerprint density at radius 1 is 1.06 bits per heavy atom. The van der Waals surface area contributed by atoms with Gasteiger partial charge in [-0.05, 0) is 61.5 Å². The minimum Gasteiger partial charge on any atom is -0.443 e. The van der Waals surface area contributed by atoms with Crippen molar-refractivity contribution in [2.75, 3.05) is 37.7 Å². The third-order valence-corrected chi connectivity index (χ3v) is 6.97. The number of aromatic nitrogens is 1. The third-order valence-electron chi connectivity index (χ3n) is 6.97. The average Bonchev–Trinajstić information content (AvgIpc) is 3.23. The summed E-state index contributed by atoms with van der Waals surface area (Å²) in [5, 5.41) is 10.0. The number of amides is 1. The number of carbonyl (C=O) groups excluding carboxylic acids is 1. The van der Waals surface area contributed by atoms with Crippen molar-refractivity contribution in [2.45, 2.75) is 25.1 Å². The molecule has 0 saturated carbocycles. The summed E-state index contributed by atoms with van der Waals surface area (Å²) in [7, 11) is 0. The van der Waals surface area contributed by atoms with Gasteiger partial charge in [-0.25, -0.2) is 4.79 Å². The molecule has 2 aliphatic rings. The van der Waals surface area contributed by atoms with E-state index in [0.29, 0.717) is 30.1 Å². The van der Waals surface area contributed by atoms with Crippen molar-refractivity contribution in [1.29, 1.82) is 0 Å². The van der Waals surface area contributed by atoms with Crippen molar-refractivity contribution in [2.24, 2.45) is 5.92 Å². The van der Waals surface area contributed by atoms with Gasteiger partial charge >= 0.3 is 12.3 Å². The van der Waals surface area contributed by atoms with Gasteiger partial charge in [0.2, 0.25) is 0 Å². The number of alkyl halides is 3. The molecular weight excluding hydrogens is 475 g/mol. The first-order chi connectivity index (χ1) is 17.2. The van der Waals surface area contributed by atoms with Crippen molar-refractivity contribution in [3.05, 3.63) is 64.4 Å². The Bertz CT molecular complexity index is 1330. The molecule has 2 aromatic carbocycles. The fraction of sp³-hybridized carbons (Fsp3) is 0.385. The second kappa shape index (κ2) is 9.59. The van der Waals surface area contributed by atoms with Gasteiger partial charge in [-0.1, -0.05) is 24.3 Å². The molecule has 0 bridgehead atoms. The van der Waals surface area contributed by atoms with Gasteiger partial charge in [0, 0.05) is 35.5 Å². The van der Waals surface area contributed by atoms with Crippen LogP contribution < -0.4 is 10.5 Å². The van der Waals surface area contributed by atoms with Gasteiger partial charge in [-0.15, -0.1) is 0 Å². The minimum absolute atomic E-state index is 0.0683. The van der Waals surface area contributed by atoms with Crippen LogP contribution in [0.4, 0.5) is 23.7 Å². The molecule has 1 aromatic heterocycles. The summed E-state index contributed by atoms with van der Waals surface area (Å²) >= 11 is 0. The summed E-state index contributed by atoms with van der Waals surface area (Å²) in [5.74, 6) is 0.321. The van der Waals surface area contributed by atoms with Crippen molar-refractivity contribution in [3.63, 3.8) is 0 Å².